The summed E-state index contributed by atoms with van der Waals surface area (Å²) in [6, 6.07) is 16.9. The lowest BCUT2D eigenvalue weighted by molar-refractivity contribution is -0.134. The average Bonchev–Trinajstić information content (AvgIpc) is 2.83. The zero-order chi connectivity index (χ0) is 25.4. The van der Waals surface area contributed by atoms with Crippen molar-refractivity contribution >= 4 is 23.2 Å². The molecule has 0 spiro atoms. The molecule has 2 atom stereocenters. The lowest BCUT2D eigenvalue weighted by Gasteiger charge is -2.41. The molecule has 1 saturated heterocycles. The van der Waals surface area contributed by atoms with Gasteiger partial charge in [-0.25, -0.2) is 0 Å². The van der Waals surface area contributed by atoms with E-state index in [-0.39, 0.29) is 11.9 Å². The molecule has 5 heteroatoms. The Morgan fingerprint density at radius 2 is 1.69 bits per heavy atom. The summed E-state index contributed by atoms with van der Waals surface area (Å²) in [6.45, 7) is 10.9. The summed E-state index contributed by atoms with van der Waals surface area (Å²) in [7, 11) is 0. The molecule has 0 radical (unpaired) electrons. The molecule has 0 saturated carbocycles. The van der Waals surface area contributed by atoms with E-state index in [4.69, 9.17) is 17.3 Å². The van der Waals surface area contributed by atoms with Crippen molar-refractivity contribution in [3.63, 3.8) is 0 Å². The van der Waals surface area contributed by atoms with Gasteiger partial charge in [0.2, 0.25) is 5.91 Å². The summed E-state index contributed by atoms with van der Waals surface area (Å²) in [4.78, 5) is 17.5. The summed E-state index contributed by atoms with van der Waals surface area (Å²) in [5, 5.41) is 0.777. The standard InChI is InChI=1S/C30H42ClN3O/c1-22(2)17-19-34(28-6-5-18-33(21-28)30(35)29(32)20-23(3)4)27-15-11-25(12-16-27)8-7-24-9-13-26(31)14-10-24/h9-17,23,28-29H,5-8,18-21,32H2,1-4H3/t28-,29?/m0/s1. The molecule has 0 aromatic heterocycles. The first-order chi connectivity index (χ1) is 16.7. The Balaban J connectivity index is 1.70. The molecule has 190 valence electrons. The molecular weight excluding hydrogens is 454 g/mol. The molecule has 0 aliphatic carbocycles. The van der Waals surface area contributed by atoms with Crippen molar-refractivity contribution < 1.29 is 4.79 Å². The van der Waals surface area contributed by atoms with Gasteiger partial charge in [-0.2, -0.15) is 0 Å². The highest BCUT2D eigenvalue weighted by Gasteiger charge is 2.30. The van der Waals surface area contributed by atoms with Crippen molar-refractivity contribution in [3.8, 4) is 0 Å². The number of allylic oxidation sites excluding steroid dienone is 1. The van der Waals surface area contributed by atoms with Crippen LogP contribution >= 0.6 is 11.6 Å². The smallest absolute Gasteiger partial charge is 0.239 e. The number of nitrogens with zero attached hydrogens (tertiary/aromatic N) is 2. The third-order valence-corrected chi connectivity index (χ3v) is 7.02. The van der Waals surface area contributed by atoms with Gasteiger partial charge in [0, 0.05) is 36.4 Å². The van der Waals surface area contributed by atoms with Crippen LogP contribution in [0.4, 0.5) is 5.69 Å². The Morgan fingerprint density at radius 3 is 2.26 bits per heavy atom. The van der Waals surface area contributed by atoms with Gasteiger partial charge in [-0.15, -0.1) is 0 Å². The van der Waals surface area contributed by atoms with E-state index in [0.717, 1.165) is 56.8 Å². The van der Waals surface area contributed by atoms with Crippen LogP contribution in [0.2, 0.25) is 5.02 Å². The molecule has 2 N–H and O–H groups in total. The number of rotatable bonds is 10. The number of carbonyl (C=O) groups excluding carboxylic acids is 1. The van der Waals surface area contributed by atoms with E-state index in [1.807, 2.05) is 17.0 Å². The minimum Gasteiger partial charge on any atom is -0.363 e. The van der Waals surface area contributed by atoms with Gasteiger partial charge in [-0.05, 0) is 87.3 Å². The third-order valence-electron chi connectivity index (χ3n) is 6.77. The van der Waals surface area contributed by atoms with E-state index in [9.17, 15) is 4.79 Å². The molecule has 35 heavy (non-hydrogen) atoms. The number of nitrogens with two attached hydrogens (primary N) is 1. The van der Waals surface area contributed by atoms with Crippen LogP contribution in [-0.4, -0.2) is 42.5 Å². The topological polar surface area (TPSA) is 49.6 Å². The van der Waals surface area contributed by atoms with Crippen LogP contribution in [0, 0.1) is 5.92 Å². The summed E-state index contributed by atoms with van der Waals surface area (Å²) >= 11 is 6.01. The Hall–Kier alpha value is -2.30. The number of likely N-dealkylation sites (tertiary alicyclic amines) is 1. The van der Waals surface area contributed by atoms with Crippen molar-refractivity contribution in [2.45, 2.75) is 71.9 Å². The van der Waals surface area contributed by atoms with Gasteiger partial charge in [-0.3, -0.25) is 4.79 Å². The molecule has 1 aliphatic rings. The molecule has 1 fully saturated rings. The molecule has 1 aliphatic heterocycles. The van der Waals surface area contributed by atoms with Crippen molar-refractivity contribution in [2.75, 3.05) is 24.5 Å². The number of carbonyl (C=O) groups is 1. The van der Waals surface area contributed by atoms with E-state index in [1.54, 1.807) is 0 Å². The van der Waals surface area contributed by atoms with E-state index >= 15 is 0 Å². The molecule has 3 rings (SSSR count). The predicted molar refractivity (Wildman–Crippen MR) is 149 cm³/mol. The minimum absolute atomic E-state index is 0.100. The SMILES string of the molecule is CC(C)=CCN(c1ccc(CCc2ccc(Cl)cc2)cc1)[C@H]1CCCN(C(=O)C(N)CC(C)C)C1. The third kappa shape index (κ3) is 8.40. The number of hydrogen-bond acceptors (Lipinski definition) is 3. The summed E-state index contributed by atoms with van der Waals surface area (Å²) in [5.41, 5.74) is 11.4. The first-order valence-electron chi connectivity index (χ1n) is 13.0. The second kappa shape index (κ2) is 13.1. The maximum absolute atomic E-state index is 13.0. The number of aryl methyl sites for hydroxylation is 2. The number of hydrogen-bond donors (Lipinski definition) is 1. The zero-order valence-corrected chi connectivity index (χ0v) is 22.6. The van der Waals surface area contributed by atoms with Gasteiger partial charge in [-0.1, -0.05) is 61.4 Å². The Kier molecular flexibility index (Phi) is 10.2. The van der Waals surface area contributed by atoms with E-state index < -0.39 is 6.04 Å². The van der Waals surface area contributed by atoms with E-state index in [0.29, 0.717) is 5.92 Å². The Bertz CT molecular complexity index is 964. The highest BCUT2D eigenvalue weighted by Crippen LogP contribution is 2.25. The lowest BCUT2D eigenvalue weighted by atomic mass is 9.99. The quantitative estimate of drug-likeness (QED) is 0.395. The van der Waals surface area contributed by atoms with Crippen molar-refractivity contribution in [2.24, 2.45) is 11.7 Å². The number of halogens is 1. The lowest BCUT2D eigenvalue weighted by Crippen LogP contribution is -2.54. The largest absolute Gasteiger partial charge is 0.363 e. The maximum Gasteiger partial charge on any atom is 0.239 e. The van der Waals surface area contributed by atoms with Gasteiger partial charge in [0.15, 0.2) is 0 Å². The van der Waals surface area contributed by atoms with Crippen molar-refractivity contribution in [1.82, 2.24) is 4.90 Å². The summed E-state index contributed by atoms with van der Waals surface area (Å²) < 4.78 is 0. The normalized spacial score (nSPS) is 16.8. The molecular formula is C30H42ClN3O. The second-order valence-electron chi connectivity index (χ2n) is 10.5. The molecule has 0 bridgehead atoms. The first-order valence-corrected chi connectivity index (χ1v) is 13.4. The molecule has 1 unspecified atom stereocenters. The maximum atomic E-state index is 13.0. The van der Waals surface area contributed by atoms with Gasteiger partial charge in [0.1, 0.15) is 0 Å². The van der Waals surface area contributed by atoms with Crippen LogP contribution in [0.5, 0.6) is 0 Å². The highest BCUT2D eigenvalue weighted by molar-refractivity contribution is 6.30. The van der Waals surface area contributed by atoms with Crippen molar-refractivity contribution in [1.29, 1.82) is 0 Å². The zero-order valence-electron chi connectivity index (χ0n) is 21.8. The van der Waals surface area contributed by atoms with E-state index in [2.05, 4.69) is 75.1 Å². The number of amides is 1. The summed E-state index contributed by atoms with van der Waals surface area (Å²) in [5.74, 6) is 0.519. The molecule has 1 heterocycles. The van der Waals surface area contributed by atoms with Gasteiger partial charge >= 0.3 is 0 Å². The average molecular weight is 496 g/mol. The predicted octanol–water partition coefficient (Wildman–Crippen LogP) is 6.26. The van der Waals surface area contributed by atoms with Crippen LogP contribution < -0.4 is 10.6 Å². The number of benzene rings is 2. The molecule has 1 amide bonds. The fourth-order valence-electron chi connectivity index (χ4n) is 4.79. The fourth-order valence-corrected chi connectivity index (χ4v) is 4.92. The Morgan fingerprint density at radius 1 is 1.09 bits per heavy atom. The highest BCUT2D eigenvalue weighted by atomic mass is 35.5. The van der Waals surface area contributed by atoms with Crippen LogP contribution in [0.25, 0.3) is 0 Å². The van der Waals surface area contributed by atoms with Crippen LogP contribution in [0.1, 0.15) is 58.1 Å². The molecule has 2 aromatic rings. The second-order valence-corrected chi connectivity index (χ2v) is 11.0. The number of piperidine rings is 1. The van der Waals surface area contributed by atoms with Crippen LogP contribution in [0.15, 0.2) is 60.2 Å². The summed E-state index contributed by atoms with van der Waals surface area (Å²) in [6.07, 6.45) is 7.09. The van der Waals surface area contributed by atoms with Crippen molar-refractivity contribution in [3.05, 3.63) is 76.3 Å². The van der Waals surface area contributed by atoms with Gasteiger partial charge < -0.3 is 15.5 Å². The molecule has 2 aromatic carbocycles. The monoisotopic (exact) mass is 495 g/mol. The first kappa shape index (κ1) is 27.3. The Labute approximate surface area is 217 Å². The molecule has 4 nitrogen and oxygen atoms in total. The van der Waals surface area contributed by atoms with E-state index in [1.165, 1.54) is 22.4 Å². The van der Waals surface area contributed by atoms with Gasteiger partial charge in [0.05, 0.1) is 6.04 Å². The number of anilines is 1. The fraction of sp³-hybridized carbons (Fsp3) is 0.500. The van der Waals surface area contributed by atoms with Crippen LogP contribution in [-0.2, 0) is 17.6 Å². The van der Waals surface area contributed by atoms with Gasteiger partial charge in [0.25, 0.3) is 0 Å². The van der Waals surface area contributed by atoms with Crippen LogP contribution in [0.3, 0.4) is 0 Å². The minimum atomic E-state index is -0.403.